The number of carbonyl (C=O) groups excluding carboxylic acids is 1. The number of rotatable bonds is 5. The van der Waals surface area contributed by atoms with Crippen LogP contribution in [0.15, 0.2) is 66.9 Å². The molecular weight excluding hydrogens is 312 g/mol. The fourth-order valence-electron chi connectivity index (χ4n) is 2.98. The van der Waals surface area contributed by atoms with Crippen LogP contribution in [0.4, 0.5) is 0 Å². The molecule has 0 unspecified atom stereocenters. The maximum absolute atomic E-state index is 12.1. The Morgan fingerprint density at radius 3 is 2.36 bits per heavy atom. The van der Waals surface area contributed by atoms with Gasteiger partial charge in [0.2, 0.25) is 0 Å². The Bertz CT molecular complexity index is 852. The van der Waals surface area contributed by atoms with Gasteiger partial charge < -0.3 is 4.74 Å². The van der Waals surface area contributed by atoms with Crippen LogP contribution in [0.2, 0.25) is 0 Å². The molecule has 1 saturated carbocycles. The molecule has 1 aliphatic carbocycles. The summed E-state index contributed by atoms with van der Waals surface area (Å²) in [4.78, 5) is 12.1. The van der Waals surface area contributed by atoms with Gasteiger partial charge in [-0.25, -0.2) is 4.68 Å². The molecule has 3 aromatic rings. The Labute approximate surface area is 147 Å². The fraction of sp³-hybridized carbons (Fsp3) is 0.238. The number of aromatic nitrogens is 2. The van der Waals surface area contributed by atoms with E-state index in [0.29, 0.717) is 0 Å². The highest BCUT2D eigenvalue weighted by Gasteiger charge is 2.27. The summed E-state index contributed by atoms with van der Waals surface area (Å²) < 4.78 is 7.39. The second-order valence-corrected chi connectivity index (χ2v) is 6.38. The zero-order valence-electron chi connectivity index (χ0n) is 14.0. The van der Waals surface area contributed by atoms with Gasteiger partial charge in [-0.05, 0) is 25.0 Å². The summed E-state index contributed by atoms with van der Waals surface area (Å²) >= 11 is 0. The third kappa shape index (κ3) is 3.33. The second-order valence-electron chi connectivity index (χ2n) is 6.38. The Kier molecular flexibility index (Phi) is 4.34. The second kappa shape index (κ2) is 6.93. The minimum atomic E-state index is -0.0854. The quantitative estimate of drug-likeness (QED) is 0.651. The van der Waals surface area contributed by atoms with Gasteiger partial charge in [0.15, 0.2) is 0 Å². The highest BCUT2D eigenvalue weighted by Crippen LogP contribution is 2.29. The van der Waals surface area contributed by atoms with Gasteiger partial charge in [0.25, 0.3) is 0 Å². The molecule has 1 heterocycles. The van der Waals surface area contributed by atoms with Crippen LogP contribution in [0.1, 0.15) is 24.8 Å². The van der Waals surface area contributed by atoms with Crippen molar-refractivity contribution in [3.05, 3.63) is 72.4 Å². The van der Waals surface area contributed by atoms with Gasteiger partial charge in [-0.1, -0.05) is 55.0 Å². The number of benzene rings is 2. The molecule has 1 aromatic heterocycles. The van der Waals surface area contributed by atoms with Crippen LogP contribution < -0.4 is 0 Å². The van der Waals surface area contributed by atoms with E-state index in [-0.39, 0.29) is 18.5 Å². The van der Waals surface area contributed by atoms with Crippen molar-refractivity contribution in [2.75, 3.05) is 0 Å². The first-order valence-corrected chi connectivity index (χ1v) is 8.67. The van der Waals surface area contributed by atoms with Gasteiger partial charge in [0.05, 0.1) is 17.3 Å². The lowest BCUT2D eigenvalue weighted by atomic mass is 9.86. The average molecular weight is 332 g/mol. The molecule has 1 fully saturated rings. The monoisotopic (exact) mass is 332 g/mol. The molecule has 0 radical (unpaired) electrons. The molecule has 0 atom stereocenters. The maximum atomic E-state index is 12.1. The fourth-order valence-corrected chi connectivity index (χ4v) is 2.98. The predicted octanol–water partition coefficient (Wildman–Crippen LogP) is 4.38. The summed E-state index contributed by atoms with van der Waals surface area (Å²) in [6.45, 7) is 0.256. The number of nitrogens with zero attached hydrogens (tertiary/aromatic N) is 2. The molecule has 2 aromatic carbocycles. The summed E-state index contributed by atoms with van der Waals surface area (Å²) in [7, 11) is 0. The van der Waals surface area contributed by atoms with Crippen LogP contribution in [0.5, 0.6) is 0 Å². The molecule has 4 heteroatoms. The van der Waals surface area contributed by atoms with Crippen LogP contribution in [0.25, 0.3) is 16.9 Å². The average Bonchev–Trinajstić information content (AvgIpc) is 3.04. The third-order valence-corrected chi connectivity index (χ3v) is 4.67. The normalized spacial score (nSPS) is 14.1. The van der Waals surface area contributed by atoms with Gasteiger partial charge in [0, 0.05) is 17.3 Å². The number of ether oxygens (including phenoxy) is 1. The standard InChI is InChI=1S/C21H20N2O2/c24-21(17-10-7-11-17)25-15-18-14-23(19-12-5-2-6-13-19)22-20(18)16-8-3-1-4-9-16/h1-6,8-9,12-14,17H,7,10-11,15H2. The van der Waals surface area contributed by atoms with Crippen LogP contribution in [0.3, 0.4) is 0 Å². The van der Waals surface area contributed by atoms with E-state index in [1.54, 1.807) is 0 Å². The van der Waals surface area contributed by atoms with E-state index in [0.717, 1.165) is 41.8 Å². The Hall–Kier alpha value is -2.88. The highest BCUT2D eigenvalue weighted by molar-refractivity contribution is 5.73. The van der Waals surface area contributed by atoms with Crippen molar-refractivity contribution in [1.82, 2.24) is 9.78 Å². The molecule has 0 N–H and O–H groups in total. The SMILES string of the molecule is O=C(OCc1cn(-c2ccccc2)nc1-c1ccccc1)C1CCC1. The molecule has 0 spiro atoms. The minimum absolute atomic E-state index is 0.0854. The van der Waals surface area contributed by atoms with E-state index < -0.39 is 0 Å². The van der Waals surface area contributed by atoms with Crippen molar-refractivity contribution >= 4 is 5.97 Å². The van der Waals surface area contributed by atoms with Crippen molar-refractivity contribution in [3.63, 3.8) is 0 Å². The molecule has 0 amide bonds. The summed E-state index contributed by atoms with van der Waals surface area (Å²) in [6.07, 6.45) is 4.98. The van der Waals surface area contributed by atoms with Crippen LogP contribution in [-0.2, 0) is 16.1 Å². The first-order valence-electron chi connectivity index (χ1n) is 8.67. The number of esters is 1. The number of carbonyl (C=O) groups is 1. The molecule has 4 rings (SSSR count). The van der Waals surface area contributed by atoms with E-state index in [4.69, 9.17) is 9.84 Å². The van der Waals surface area contributed by atoms with Gasteiger partial charge in [-0.15, -0.1) is 0 Å². The summed E-state index contributed by atoms with van der Waals surface area (Å²) in [5.74, 6) is 0.00191. The molecule has 0 saturated heterocycles. The van der Waals surface area contributed by atoms with E-state index in [9.17, 15) is 4.79 Å². The number of hydrogen-bond acceptors (Lipinski definition) is 3. The first-order chi connectivity index (χ1) is 12.3. The Morgan fingerprint density at radius 1 is 1.04 bits per heavy atom. The van der Waals surface area contributed by atoms with Crippen molar-refractivity contribution in [2.24, 2.45) is 5.92 Å². The lowest BCUT2D eigenvalue weighted by Gasteiger charge is -2.22. The third-order valence-electron chi connectivity index (χ3n) is 4.67. The summed E-state index contributed by atoms with van der Waals surface area (Å²) in [6, 6.07) is 20.0. The maximum Gasteiger partial charge on any atom is 0.309 e. The van der Waals surface area contributed by atoms with Gasteiger partial charge in [0.1, 0.15) is 6.61 Å². The Balaban J connectivity index is 1.63. The lowest BCUT2D eigenvalue weighted by Crippen LogP contribution is -2.23. The van der Waals surface area contributed by atoms with E-state index >= 15 is 0 Å². The van der Waals surface area contributed by atoms with Gasteiger partial charge in [-0.2, -0.15) is 5.10 Å². The topological polar surface area (TPSA) is 44.1 Å². The minimum Gasteiger partial charge on any atom is -0.460 e. The van der Waals surface area contributed by atoms with Crippen LogP contribution in [0, 0.1) is 5.92 Å². The summed E-state index contributed by atoms with van der Waals surface area (Å²) in [5.41, 5.74) is 3.77. The van der Waals surface area contributed by atoms with Crippen molar-refractivity contribution in [3.8, 4) is 16.9 Å². The highest BCUT2D eigenvalue weighted by atomic mass is 16.5. The van der Waals surface area contributed by atoms with Gasteiger partial charge in [-0.3, -0.25) is 4.79 Å². The van der Waals surface area contributed by atoms with E-state index in [1.165, 1.54) is 0 Å². The number of hydrogen-bond donors (Lipinski definition) is 0. The zero-order chi connectivity index (χ0) is 17.1. The molecule has 0 aliphatic heterocycles. The largest absolute Gasteiger partial charge is 0.460 e. The number of para-hydroxylation sites is 1. The van der Waals surface area contributed by atoms with Crippen LogP contribution in [-0.4, -0.2) is 15.7 Å². The first kappa shape index (κ1) is 15.6. The van der Waals surface area contributed by atoms with E-state index in [2.05, 4.69) is 0 Å². The van der Waals surface area contributed by atoms with E-state index in [1.807, 2.05) is 71.5 Å². The molecule has 1 aliphatic rings. The molecule has 25 heavy (non-hydrogen) atoms. The summed E-state index contributed by atoms with van der Waals surface area (Å²) in [5, 5.41) is 4.73. The molecule has 4 nitrogen and oxygen atoms in total. The van der Waals surface area contributed by atoms with Crippen molar-refractivity contribution in [2.45, 2.75) is 25.9 Å². The molecule has 126 valence electrons. The predicted molar refractivity (Wildman–Crippen MR) is 96.1 cm³/mol. The molecular formula is C21H20N2O2. The molecule has 0 bridgehead atoms. The van der Waals surface area contributed by atoms with Crippen molar-refractivity contribution < 1.29 is 9.53 Å². The van der Waals surface area contributed by atoms with Crippen LogP contribution >= 0.6 is 0 Å². The van der Waals surface area contributed by atoms with Gasteiger partial charge >= 0.3 is 5.97 Å². The van der Waals surface area contributed by atoms with Crippen molar-refractivity contribution in [1.29, 1.82) is 0 Å². The zero-order valence-corrected chi connectivity index (χ0v) is 14.0. The smallest absolute Gasteiger partial charge is 0.309 e. The Morgan fingerprint density at radius 2 is 1.72 bits per heavy atom. The lowest BCUT2D eigenvalue weighted by molar-refractivity contribution is -0.152.